The van der Waals surface area contributed by atoms with E-state index in [1.807, 2.05) is 36.1 Å². The molecule has 158 valence electrons. The average Bonchev–Trinajstić information content (AvgIpc) is 3.08. The van der Waals surface area contributed by atoms with Crippen LogP contribution in [-0.2, 0) is 17.0 Å². The minimum absolute atomic E-state index is 0.0930. The lowest BCUT2D eigenvalue weighted by molar-refractivity contribution is -0.115. The second-order valence-electron chi connectivity index (χ2n) is 7.21. The number of nitrogens with two attached hydrogens (primary N) is 1. The van der Waals surface area contributed by atoms with Gasteiger partial charge in [0.2, 0.25) is 0 Å². The minimum Gasteiger partial charge on any atom is -0.364 e. The average molecular weight is 420 g/mol. The number of aliphatic imine (C=N–C) groups is 1. The van der Waals surface area contributed by atoms with E-state index in [0.717, 1.165) is 11.1 Å². The molecule has 2 aliphatic rings. The van der Waals surface area contributed by atoms with E-state index in [9.17, 15) is 14.0 Å². The van der Waals surface area contributed by atoms with E-state index < -0.39 is 23.4 Å². The Morgan fingerprint density at radius 2 is 1.94 bits per heavy atom. The van der Waals surface area contributed by atoms with E-state index in [2.05, 4.69) is 20.9 Å². The van der Waals surface area contributed by atoms with Gasteiger partial charge >= 0.3 is 6.03 Å². The molecule has 0 saturated carbocycles. The van der Waals surface area contributed by atoms with Crippen LogP contribution in [0.15, 0.2) is 77.3 Å². The van der Waals surface area contributed by atoms with E-state index >= 15 is 0 Å². The number of benzene rings is 2. The van der Waals surface area contributed by atoms with Gasteiger partial charge in [0.25, 0.3) is 5.91 Å². The zero-order valence-electron chi connectivity index (χ0n) is 16.7. The van der Waals surface area contributed by atoms with Crippen molar-refractivity contribution in [1.82, 2.24) is 15.5 Å². The smallest absolute Gasteiger partial charge is 0.319 e. The summed E-state index contributed by atoms with van der Waals surface area (Å²) in [5.41, 5.74) is 7.28. The number of nitrogens with one attached hydrogen (secondary N) is 3. The molecule has 5 N–H and O–H groups in total. The van der Waals surface area contributed by atoms with Gasteiger partial charge in [-0.1, -0.05) is 36.4 Å². The summed E-state index contributed by atoms with van der Waals surface area (Å²) >= 11 is 0. The number of halogens is 1. The van der Waals surface area contributed by atoms with Crippen LogP contribution in [0.3, 0.4) is 0 Å². The molecule has 4 rings (SSSR count). The Morgan fingerprint density at radius 1 is 1.19 bits per heavy atom. The van der Waals surface area contributed by atoms with E-state index in [1.54, 1.807) is 30.7 Å². The Kier molecular flexibility index (Phi) is 5.16. The third-order valence-electron chi connectivity index (χ3n) is 5.21. The molecule has 9 heteroatoms. The maximum Gasteiger partial charge on any atom is 0.319 e. The summed E-state index contributed by atoms with van der Waals surface area (Å²) in [4.78, 5) is 30.2. The summed E-state index contributed by atoms with van der Waals surface area (Å²) in [6.07, 6.45) is 4.95. The molecular weight excluding hydrogens is 399 g/mol. The van der Waals surface area contributed by atoms with Gasteiger partial charge in [0.15, 0.2) is 0 Å². The summed E-state index contributed by atoms with van der Waals surface area (Å²) in [6, 6.07) is 12.9. The quantitative estimate of drug-likeness (QED) is 0.595. The predicted molar refractivity (Wildman–Crippen MR) is 115 cm³/mol. The molecule has 3 amide bonds. The van der Waals surface area contributed by atoms with Crippen LogP contribution >= 0.6 is 0 Å². The van der Waals surface area contributed by atoms with E-state index in [4.69, 9.17) is 5.73 Å². The van der Waals surface area contributed by atoms with Crippen LogP contribution in [-0.4, -0.2) is 23.1 Å². The number of hydrogen-bond donors (Lipinski definition) is 4. The number of amides is 3. The monoisotopic (exact) mass is 420 g/mol. The SMILES string of the molecule is CC1(c2ccccc2CNC(=O)Nc2ccccc2F)NC(C(N)=O)=C2C=NC=CN21. The minimum atomic E-state index is -0.830. The van der Waals surface area contributed by atoms with Gasteiger partial charge in [-0.15, -0.1) is 0 Å². The molecule has 1 unspecified atom stereocenters. The number of allylic oxidation sites excluding steroid dienone is 1. The second kappa shape index (κ2) is 7.94. The lowest BCUT2D eigenvalue weighted by Crippen LogP contribution is -2.47. The number of rotatable bonds is 5. The maximum absolute atomic E-state index is 13.8. The van der Waals surface area contributed by atoms with E-state index in [0.29, 0.717) is 5.70 Å². The topological polar surface area (TPSA) is 112 Å². The van der Waals surface area contributed by atoms with E-state index in [-0.39, 0.29) is 17.9 Å². The Bertz CT molecular complexity index is 1140. The Balaban J connectivity index is 1.56. The number of fused-ring (bicyclic) bond motifs is 1. The molecule has 0 spiro atoms. The van der Waals surface area contributed by atoms with Gasteiger partial charge in [-0.2, -0.15) is 0 Å². The summed E-state index contributed by atoms with van der Waals surface area (Å²) < 4.78 is 13.8. The molecule has 0 bridgehead atoms. The van der Waals surface area contributed by atoms with Gasteiger partial charge in [-0.25, -0.2) is 9.18 Å². The zero-order valence-corrected chi connectivity index (χ0v) is 16.7. The molecular formula is C22H21FN6O2. The summed E-state index contributed by atoms with van der Waals surface area (Å²) in [7, 11) is 0. The zero-order chi connectivity index (χ0) is 22.0. The highest BCUT2D eigenvalue weighted by atomic mass is 19.1. The first-order valence-electron chi connectivity index (χ1n) is 9.59. The summed E-state index contributed by atoms with van der Waals surface area (Å²) in [5.74, 6) is -1.11. The van der Waals surface area contributed by atoms with Gasteiger partial charge in [0.05, 0.1) is 17.6 Å². The van der Waals surface area contributed by atoms with Crippen molar-refractivity contribution < 1.29 is 14.0 Å². The Morgan fingerprint density at radius 3 is 2.71 bits per heavy atom. The van der Waals surface area contributed by atoms with Crippen LogP contribution in [0.4, 0.5) is 14.9 Å². The Labute approximate surface area is 178 Å². The number of nitrogens with zero attached hydrogens (tertiary/aromatic N) is 2. The number of urea groups is 1. The van der Waals surface area contributed by atoms with Crippen molar-refractivity contribution in [2.45, 2.75) is 19.1 Å². The molecule has 1 atom stereocenters. The van der Waals surface area contributed by atoms with Crippen molar-refractivity contribution in [3.05, 3.63) is 89.3 Å². The standard InChI is InChI=1S/C22H21FN6O2/c1-22(28-19(20(24)30)18-13-25-10-11-29(18)22)15-7-3-2-6-14(15)12-26-21(31)27-17-9-5-4-8-16(17)23/h2-11,13,28H,12H2,1H3,(H2,24,30)(H2,26,27,31). The fourth-order valence-corrected chi connectivity index (χ4v) is 3.74. The third kappa shape index (κ3) is 3.73. The molecule has 0 aromatic heterocycles. The largest absolute Gasteiger partial charge is 0.364 e. The normalized spacial score (nSPS) is 19.1. The molecule has 0 radical (unpaired) electrons. The molecule has 2 aromatic carbocycles. The summed E-state index contributed by atoms with van der Waals surface area (Å²) in [6.45, 7) is 2.09. The number of hydrogen-bond acceptors (Lipinski definition) is 5. The lowest BCUT2D eigenvalue weighted by Gasteiger charge is -2.38. The first-order valence-corrected chi connectivity index (χ1v) is 9.59. The van der Waals surface area contributed by atoms with Crippen LogP contribution in [0.2, 0.25) is 0 Å². The molecule has 0 fully saturated rings. The molecule has 8 nitrogen and oxygen atoms in total. The van der Waals surface area contributed by atoms with Crippen molar-refractivity contribution >= 4 is 23.8 Å². The maximum atomic E-state index is 13.8. The lowest BCUT2D eigenvalue weighted by atomic mass is 9.94. The molecule has 0 saturated heterocycles. The Hall–Kier alpha value is -4.14. The first kappa shape index (κ1) is 20.1. The molecule has 2 aromatic rings. The fraction of sp³-hybridized carbons (Fsp3) is 0.136. The predicted octanol–water partition coefficient (Wildman–Crippen LogP) is 2.48. The van der Waals surface area contributed by atoms with Gasteiger partial charge in [-0.05, 0) is 24.6 Å². The van der Waals surface area contributed by atoms with Crippen molar-refractivity contribution in [3.8, 4) is 0 Å². The van der Waals surface area contributed by atoms with Crippen LogP contribution < -0.4 is 21.7 Å². The van der Waals surface area contributed by atoms with Gasteiger partial charge in [0, 0.05) is 24.5 Å². The highest BCUT2D eigenvalue weighted by Crippen LogP contribution is 2.38. The van der Waals surface area contributed by atoms with Gasteiger partial charge in [-0.3, -0.25) is 9.79 Å². The van der Waals surface area contributed by atoms with Crippen LogP contribution in [0.5, 0.6) is 0 Å². The van der Waals surface area contributed by atoms with Crippen molar-refractivity contribution in [3.63, 3.8) is 0 Å². The van der Waals surface area contributed by atoms with Crippen LogP contribution in [0, 0.1) is 5.82 Å². The second-order valence-corrected chi connectivity index (χ2v) is 7.21. The summed E-state index contributed by atoms with van der Waals surface area (Å²) in [5, 5.41) is 8.46. The molecule has 0 aliphatic carbocycles. The fourth-order valence-electron chi connectivity index (χ4n) is 3.74. The number of para-hydroxylation sites is 1. The number of anilines is 1. The highest BCUT2D eigenvalue weighted by Gasteiger charge is 2.44. The van der Waals surface area contributed by atoms with Gasteiger partial charge < -0.3 is 26.6 Å². The van der Waals surface area contributed by atoms with Crippen molar-refractivity contribution in [1.29, 1.82) is 0 Å². The number of carbonyl (C=O) groups is 2. The molecule has 2 aliphatic heterocycles. The first-order chi connectivity index (χ1) is 14.9. The van der Waals surface area contributed by atoms with Crippen molar-refractivity contribution in [2.75, 3.05) is 5.32 Å². The molecule has 2 heterocycles. The van der Waals surface area contributed by atoms with Crippen LogP contribution in [0.1, 0.15) is 18.1 Å². The van der Waals surface area contributed by atoms with Crippen molar-refractivity contribution in [2.24, 2.45) is 10.7 Å². The van der Waals surface area contributed by atoms with E-state index in [1.165, 1.54) is 12.1 Å². The van der Waals surface area contributed by atoms with Gasteiger partial charge in [0.1, 0.15) is 17.2 Å². The molecule has 31 heavy (non-hydrogen) atoms. The number of primary amides is 1. The van der Waals surface area contributed by atoms with Crippen LogP contribution in [0.25, 0.3) is 0 Å². The third-order valence-corrected chi connectivity index (χ3v) is 5.21. The highest BCUT2D eigenvalue weighted by molar-refractivity contribution is 5.99. The number of carbonyl (C=O) groups excluding carboxylic acids is 2.